The van der Waals surface area contributed by atoms with Crippen molar-refractivity contribution >= 4 is 5.71 Å². The third kappa shape index (κ3) is 3.90. The van der Waals surface area contributed by atoms with Gasteiger partial charge in [0.2, 0.25) is 0 Å². The fraction of sp³-hybridized carbons (Fsp3) is 0.909. The van der Waals surface area contributed by atoms with Crippen LogP contribution in [-0.2, 0) is 4.74 Å². The average Bonchev–Trinajstić information content (AvgIpc) is 1.78. The van der Waals surface area contributed by atoms with E-state index in [1.807, 2.05) is 0 Å². The maximum Gasteiger partial charge on any atom is 0.0623 e. The summed E-state index contributed by atoms with van der Waals surface area (Å²) < 4.78 is 5.82. The number of ether oxygens (including phenoxy) is 1. The lowest BCUT2D eigenvalue weighted by Crippen LogP contribution is -2.39. The molecular weight excluding hydrogens is 162 g/mol. The molecule has 0 aromatic rings. The molecule has 0 aromatic carbocycles. The first-order valence-corrected chi connectivity index (χ1v) is 5.05. The molecule has 1 rings (SSSR count). The second kappa shape index (κ2) is 3.79. The summed E-state index contributed by atoms with van der Waals surface area (Å²) in [5, 5.41) is 0. The molecule has 0 N–H and O–H groups in total. The molecule has 2 nitrogen and oxygen atoms in total. The SMILES string of the molecule is CC(C)=NC1CC(OC(C)(C)C)C1. The van der Waals surface area contributed by atoms with E-state index in [0.717, 1.165) is 12.8 Å². The standard InChI is InChI=1S/C11H21NO/c1-8(2)12-9-6-10(7-9)13-11(3,4)5/h9-10H,6-7H2,1-5H3. The molecule has 0 spiro atoms. The number of hydrogen-bond donors (Lipinski definition) is 0. The minimum absolute atomic E-state index is 0.000605. The molecule has 0 atom stereocenters. The fourth-order valence-corrected chi connectivity index (χ4v) is 1.60. The summed E-state index contributed by atoms with van der Waals surface area (Å²) >= 11 is 0. The van der Waals surface area contributed by atoms with Crippen molar-refractivity contribution in [1.29, 1.82) is 0 Å². The number of aliphatic imine (C=N–C) groups is 1. The second-order valence-corrected chi connectivity index (χ2v) is 5.05. The summed E-state index contributed by atoms with van der Waals surface area (Å²) in [6, 6.07) is 0.525. The zero-order valence-electron chi connectivity index (χ0n) is 9.42. The van der Waals surface area contributed by atoms with Gasteiger partial charge in [-0.25, -0.2) is 0 Å². The maximum atomic E-state index is 5.82. The Morgan fingerprint density at radius 3 is 2.15 bits per heavy atom. The Hall–Kier alpha value is -0.370. The lowest BCUT2D eigenvalue weighted by Gasteiger charge is -2.37. The van der Waals surface area contributed by atoms with Crippen LogP contribution in [0, 0.1) is 0 Å². The predicted octanol–water partition coefficient (Wildman–Crippen LogP) is 2.81. The minimum Gasteiger partial charge on any atom is -0.372 e. The van der Waals surface area contributed by atoms with Crippen molar-refractivity contribution in [2.75, 3.05) is 0 Å². The van der Waals surface area contributed by atoms with Crippen LogP contribution in [-0.4, -0.2) is 23.5 Å². The van der Waals surface area contributed by atoms with Gasteiger partial charge in [0, 0.05) is 5.71 Å². The lowest BCUT2D eigenvalue weighted by molar-refractivity contribution is -0.0973. The van der Waals surface area contributed by atoms with Gasteiger partial charge in [-0.3, -0.25) is 4.99 Å². The summed E-state index contributed by atoms with van der Waals surface area (Å²) in [6.07, 6.45) is 2.64. The van der Waals surface area contributed by atoms with E-state index >= 15 is 0 Å². The molecule has 1 saturated carbocycles. The molecule has 13 heavy (non-hydrogen) atoms. The Kier molecular flexibility index (Phi) is 3.12. The summed E-state index contributed by atoms with van der Waals surface area (Å²) in [7, 11) is 0. The molecule has 0 aromatic heterocycles. The number of nitrogens with zero attached hydrogens (tertiary/aromatic N) is 1. The van der Waals surface area contributed by atoms with Crippen LogP contribution in [0.3, 0.4) is 0 Å². The van der Waals surface area contributed by atoms with Gasteiger partial charge in [0.1, 0.15) is 0 Å². The van der Waals surface area contributed by atoms with E-state index in [9.17, 15) is 0 Å². The summed E-state index contributed by atoms with van der Waals surface area (Å²) in [5.41, 5.74) is 1.18. The molecule has 1 aliphatic rings. The summed E-state index contributed by atoms with van der Waals surface area (Å²) in [6.45, 7) is 10.4. The van der Waals surface area contributed by atoms with Crippen LogP contribution >= 0.6 is 0 Å². The van der Waals surface area contributed by atoms with Crippen LogP contribution < -0.4 is 0 Å². The van der Waals surface area contributed by atoms with Crippen LogP contribution in [0.5, 0.6) is 0 Å². The van der Waals surface area contributed by atoms with E-state index in [1.165, 1.54) is 5.71 Å². The molecule has 0 aliphatic heterocycles. The normalized spacial score (nSPS) is 28.1. The quantitative estimate of drug-likeness (QED) is 0.603. The van der Waals surface area contributed by atoms with E-state index in [-0.39, 0.29) is 5.60 Å². The van der Waals surface area contributed by atoms with Gasteiger partial charge in [0.25, 0.3) is 0 Å². The van der Waals surface area contributed by atoms with Crippen molar-refractivity contribution < 1.29 is 4.74 Å². The first-order valence-electron chi connectivity index (χ1n) is 5.05. The third-order valence-electron chi connectivity index (χ3n) is 2.03. The zero-order valence-corrected chi connectivity index (χ0v) is 9.42. The summed E-state index contributed by atoms with van der Waals surface area (Å²) in [4.78, 5) is 4.50. The van der Waals surface area contributed by atoms with E-state index in [2.05, 4.69) is 39.6 Å². The van der Waals surface area contributed by atoms with Crippen molar-refractivity contribution in [3.05, 3.63) is 0 Å². The molecule has 0 radical (unpaired) electrons. The molecule has 0 heterocycles. The highest BCUT2D eigenvalue weighted by atomic mass is 16.5. The van der Waals surface area contributed by atoms with Crippen LogP contribution in [0.4, 0.5) is 0 Å². The zero-order chi connectivity index (χ0) is 10.1. The number of hydrogen-bond acceptors (Lipinski definition) is 2. The van der Waals surface area contributed by atoms with Crippen LogP contribution in [0.1, 0.15) is 47.5 Å². The van der Waals surface area contributed by atoms with Crippen molar-refractivity contribution in [2.24, 2.45) is 4.99 Å². The van der Waals surface area contributed by atoms with E-state index in [0.29, 0.717) is 12.1 Å². The van der Waals surface area contributed by atoms with Gasteiger partial charge in [-0.2, -0.15) is 0 Å². The summed E-state index contributed by atoms with van der Waals surface area (Å²) in [5.74, 6) is 0. The van der Waals surface area contributed by atoms with Crippen molar-refractivity contribution in [3.8, 4) is 0 Å². The molecule has 0 bridgehead atoms. The Morgan fingerprint density at radius 2 is 1.77 bits per heavy atom. The maximum absolute atomic E-state index is 5.82. The molecule has 76 valence electrons. The predicted molar refractivity (Wildman–Crippen MR) is 56.4 cm³/mol. The molecule has 0 amide bonds. The average molecular weight is 183 g/mol. The minimum atomic E-state index is 0.000605. The fourth-order valence-electron chi connectivity index (χ4n) is 1.60. The highest BCUT2D eigenvalue weighted by Crippen LogP contribution is 2.29. The monoisotopic (exact) mass is 183 g/mol. The van der Waals surface area contributed by atoms with Crippen LogP contribution in [0.15, 0.2) is 4.99 Å². The van der Waals surface area contributed by atoms with Gasteiger partial charge in [-0.1, -0.05) is 0 Å². The first-order chi connectivity index (χ1) is 5.87. The largest absolute Gasteiger partial charge is 0.372 e. The van der Waals surface area contributed by atoms with E-state index < -0.39 is 0 Å². The first kappa shape index (κ1) is 10.7. The molecule has 0 unspecified atom stereocenters. The smallest absolute Gasteiger partial charge is 0.0623 e. The van der Waals surface area contributed by atoms with E-state index in [4.69, 9.17) is 4.74 Å². The molecule has 1 aliphatic carbocycles. The molecule has 0 saturated heterocycles. The Morgan fingerprint density at radius 1 is 1.23 bits per heavy atom. The topological polar surface area (TPSA) is 21.6 Å². The molecule has 2 heteroatoms. The Labute approximate surface area is 81.4 Å². The van der Waals surface area contributed by atoms with Gasteiger partial charge < -0.3 is 4.74 Å². The Bertz CT molecular complexity index is 193. The highest BCUT2D eigenvalue weighted by molar-refractivity contribution is 5.79. The van der Waals surface area contributed by atoms with E-state index in [1.54, 1.807) is 0 Å². The molecular formula is C11H21NO. The van der Waals surface area contributed by atoms with Gasteiger partial charge in [0.15, 0.2) is 0 Å². The van der Waals surface area contributed by atoms with Gasteiger partial charge >= 0.3 is 0 Å². The highest BCUT2D eigenvalue weighted by Gasteiger charge is 2.32. The molecule has 1 fully saturated rings. The second-order valence-electron chi connectivity index (χ2n) is 5.05. The van der Waals surface area contributed by atoms with Crippen molar-refractivity contribution in [1.82, 2.24) is 0 Å². The van der Waals surface area contributed by atoms with Crippen LogP contribution in [0.25, 0.3) is 0 Å². The lowest BCUT2D eigenvalue weighted by atomic mass is 9.89. The van der Waals surface area contributed by atoms with Gasteiger partial charge in [-0.15, -0.1) is 0 Å². The van der Waals surface area contributed by atoms with Crippen LogP contribution in [0.2, 0.25) is 0 Å². The number of rotatable bonds is 2. The van der Waals surface area contributed by atoms with Gasteiger partial charge in [-0.05, 0) is 47.5 Å². The van der Waals surface area contributed by atoms with Gasteiger partial charge in [0.05, 0.1) is 17.7 Å². The van der Waals surface area contributed by atoms with Crippen molar-refractivity contribution in [2.45, 2.75) is 65.2 Å². The Balaban J connectivity index is 2.23. The third-order valence-corrected chi connectivity index (χ3v) is 2.03. The van der Waals surface area contributed by atoms with Crippen molar-refractivity contribution in [3.63, 3.8) is 0 Å².